The molecule has 0 atom stereocenters. The molecular weight excluding hydrogens is 232 g/mol. The van der Waals surface area contributed by atoms with Gasteiger partial charge in [-0.25, -0.2) is 0 Å². The summed E-state index contributed by atoms with van der Waals surface area (Å²) in [5, 5.41) is 15.1. The molecule has 0 aliphatic rings. The van der Waals surface area contributed by atoms with E-state index in [9.17, 15) is 0 Å². The summed E-state index contributed by atoms with van der Waals surface area (Å²) in [5.41, 5.74) is -0.273. The van der Waals surface area contributed by atoms with Crippen LogP contribution in [0.2, 0.25) is 0 Å². The number of aromatic nitrogens is 3. The van der Waals surface area contributed by atoms with Gasteiger partial charge in [0.25, 0.3) is 0 Å². The third kappa shape index (κ3) is 3.99. The van der Waals surface area contributed by atoms with Gasteiger partial charge in [0, 0.05) is 33.3 Å². The number of anilines is 3. The van der Waals surface area contributed by atoms with E-state index in [1.165, 1.54) is 0 Å². The Kier molecular flexibility index (Phi) is 4.66. The molecule has 1 rings (SSSR count). The summed E-state index contributed by atoms with van der Waals surface area (Å²) >= 11 is 0. The second-order valence-electron chi connectivity index (χ2n) is 4.91. The first-order valence-electron chi connectivity index (χ1n) is 5.88. The van der Waals surface area contributed by atoms with Gasteiger partial charge in [0.15, 0.2) is 0 Å². The van der Waals surface area contributed by atoms with Gasteiger partial charge >= 0.3 is 0 Å². The summed E-state index contributed by atoms with van der Waals surface area (Å²) in [6.45, 7) is 4.09. The molecule has 7 nitrogen and oxygen atoms in total. The van der Waals surface area contributed by atoms with Crippen LogP contribution in [-0.2, 0) is 0 Å². The lowest BCUT2D eigenvalue weighted by molar-refractivity contribution is 0.260. The van der Waals surface area contributed by atoms with Crippen LogP contribution in [0.25, 0.3) is 0 Å². The zero-order valence-electron chi connectivity index (χ0n) is 11.7. The molecule has 1 heterocycles. The zero-order chi connectivity index (χ0) is 13.8. The maximum Gasteiger partial charge on any atom is 0.231 e. The highest BCUT2D eigenvalue weighted by molar-refractivity contribution is 5.43. The van der Waals surface area contributed by atoms with Gasteiger partial charge in [-0.3, -0.25) is 0 Å². The van der Waals surface area contributed by atoms with E-state index < -0.39 is 0 Å². The Morgan fingerprint density at radius 2 is 1.78 bits per heavy atom. The molecule has 1 aromatic rings. The monoisotopic (exact) mass is 254 g/mol. The van der Waals surface area contributed by atoms with Gasteiger partial charge in [-0.1, -0.05) is 0 Å². The Balaban J connectivity index is 2.97. The predicted octanol–water partition coefficient (Wildman–Crippen LogP) is 0.552. The van der Waals surface area contributed by atoms with Crippen molar-refractivity contribution in [2.45, 2.75) is 25.8 Å². The van der Waals surface area contributed by atoms with Crippen LogP contribution in [0.1, 0.15) is 20.3 Å². The van der Waals surface area contributed by atoms with Gasteiger partial charge in [0.1, 0.15) is 0 Å². The van der Waals surface area contributed by atoms with E-state index in [1.807, 2.05) is 32.8 Å². The molecule has 3 N–H and O–H groups in total. The Hall–Kier alpha value is -1.63. The van der Waals surface area contributed by atoms with E-state index in [2.05, 4.69) is 25.6 Å². The van der Waals surface area contributed by atoms with Crippen molar-refractivity contribution in [2.24, 2.45) is 0 Å². The smallest absolute Gasteiger partial charge is 0.231 e. The highest BCUT2D eigenvalue weighted by Crippen LogP contribution is 2.17. The fraction of sp³-hybridized carbons (Fsp3) is 0.727. The van der Waals surface area contributed by atoms with Crippen LogP contribution in [0, 0.1) is 0 Å². The molecule has 0 fully saturated rings. The SMILES string of the molecule is CNc1nc(NC(C)(C)CCO)nc(N(C)C)n1. The summed E-state index contributed by atoms with van der Waals surface area (Å²) in [6, 6.07) is 0. The maximum absolute atomic E-state index is 9.01. The van der Waals surface area contributed by atoms with Gasteiger partial charge in [-0.2, -0.15) is 15.0 Å². The largest absolute Gasteiger partial charge is 0.396 e. The molecule has 0 aliphatic carbocycles. The molecular formula is C11H22N6O. The molecule has 1 aromatic heterocycles. The Morgan fingerprint density at radius 3 is 2.28 bits per heavy atom. The Bertz CT molecular complexity index is 393. The van der Waals surface area contributed by atoms with Crippen molar-refractivity contribution in [3.8, 4) is 0 Å². The molecule has 0 spiro atoms. The minimum absolute atomic E-state index is 0.116. The van der Waals surface area contributed by atoms with Gasteiger partial charge in [-0.15, -0.1) is 0 Å². The van der Waals surface area contributed by atoms with Gasteiger partial charge in [-0.05, 0) is 20.3 Å². The zero-order valence-corrected chi connectivity index (χ0v) is 11.7. The van der Waals surface area contributed by atoms with E-state index in [0.29, 0.717) is 24.3 Å². The Morgan fingerprint density at radius 1 is 1.17 bits per heavy atom. The van der Waals surface area contributed by atoms with Crippen LogP contribution >= 0.6 is 0 Å². The number of rotatable bonds is 6. The highest BCUT2D eigenvalue weighted by atomic mass is 16.3. The molecule has 0 saturated heterocycles. The lowest BCUT2D eigenvalue weighted by Crippen LogP contribution is -2.33. The van der Waals surface area contributed by atoms with Crippen molar-refractivity contribution in [2.75, 3.05) is 43.3 Å². The average molecular weight is 254 g/mol. The quantitative estimate of drug-likeness (QED) is 0.683. The lowest BCUT2D eigenvalue weighted by Gasteiger charge is -2.25. The maximum atomic E-state index is 9.01. The topological polar surface area (TPSA) is 86.2 Å². The van der Waals surface area contributed by atoms with Crippen molar-refractivity contribution in [1.29, 1.82) is 0 Å². The number of aliphatic hydroxyl groups is 1. The van der Waals surface area contributed by atoms with Crippen LogP contribution in [0.5, 0.6) is 0 Å². The van der Waals surface area contributed by atoms with Crippen molar-refractivity contribution in [3.05, 3.63) is 0 Å². The molecule has 0 unspecified atom stereocenters. The number of hydrogen-bond donors (Lipinski definition) is 3. The number of nitrogens with one attached hydrogen (secondary N) is 2. The van der Waals surface area contributed by atoms with E-state index >= 15 is 0 Å². The highest BCUT2D eigenvalue weighted by Gasteiger charge is 2.19. The molecule has 18 heavy (non-hydrogen) atoms. The van der Waals surface area contributed by atoms with Crippen LogP contribution < -0.4 is 15.5 Å². The van der Waals surface area contributed by atoms with Crippen LogP contribution in [0.4, 0.5) is 17.8 Å². The fourth-order valence-corrected chi connectivity index (χ4v) is 1.38. The molecule has 0 amide bonds. The first-order chi connectivity index (χ1) is 8.38. The van der Waals surface area contributed by atoms with E-state index in [-0.39, 0.29) is 12.1 Å². The second-order valence-corrected chi connectivity index (χ2v) is 4.91. The molecule has 0 aromatic carbocycles. The molecule has 102 valence electrons. The lowest BCUT2D eigenvalue weighted by atomic mass is 10.0. The van der Waals surface area contributed by atoms with E-state index in [1.54, 1.807) is 7.05 Å². The normalized spacial score (nSPS) is 11.2. The summed E-state index contributed by atoms with van der Waals surface area (Å²) < 4.78 is 0. The van der Waals surface area contributed by atoms with Gasteiger partial charge < -0.3 is 20.6 Å². The van der Waals surface area contributed by atoms with Crippen molar-refractivity contribution >= 4 is 17.8 Å². The molecule has 0 saturated carbocycles. The first kappa shape index (κ1) is 14.4. The summed E-state index contributed by atoms with van der Waals surface area (Å²) in [4.78, 5) is 14.6. The number of hydrogen-bond acceptors (Lipinski definition) is 7. The van der Waals surface area contributed by atoms with Crippen molar-refractivity contribution in [1.82, 2.24) is 15.0 Å². The second kappa shape index (κ2) is 5.81. The standard InChI is InChI=1S/C11H22N6O/c1-11(2,6-7-18)16-9-13-8(12-3)14-10(15-9)17(4)5/h18H,6-7H2,1-5H3,(H2,12,13,14,15,16). The average Bonchev–Trinajstić information content (AvgIpc) is 2.27. The molecule has 0 bridgehead atoms. The van der Waals surface area contributed by atoms with Gasteiger partial charge in [0.05, 0.1) is 0 Å². The summed E-state index contributed by atoms with van der Waals surface area (Å²) in [5.74, 6) is 1.59. The third-order valence-electron chi connectivity index (χ3n) is 2.43. The molecule has 0 aliphatic heterocycles. The first-order valence-corrected chi connectivity index (χ1v) is 5.88. The number of aliphatic hydroxyl groups excluding tert-OH is 1. The van der Waals surface area contributed by atoms with Crippen LogP contribution in [0.15, 0.2) is 0 Å². The third-order valence-corrected chi connectivity index (χ3v) is 2.43. The van der Waals surface area contributed by atoms with E-state index in [4.69, 9.17) is 5.11 Å². The number of nitrogens with zero attached hydrogens (tertiary/aromatic N) is 4. The Labute approximate surface area is 108 Å². The summed E-state index contributed by atoms with van der Waals surface area (Å²) in [7, 11) is 5.51. The van der Waals surface area contributed by atoms with Crippen LogP contribution in [0.3, 0.4) is 0 Å². The molecule has 0 radical (unpaired) electrons. The minimum atomic E-state index is -0.273. The minimum Gasteiger partial charge on any atom is -0.396 e. The van der Waals surface area contributed by atoms with Crippen molar-refractivity contribution < 1.29 is 5.11 Å². The van der Waals surface area contributed by atoms with Gasteiger partial charge in [0.2, 0.25) is 17.8 Å². The van der Waals surface area contributed by atoms with Crippen LogP contribution in [-0.4, -0.2) is 53.3 Å². The summed E-state index contributed by atoms with van der Waals surface area (Å²) in [6.07, 6.45) is 0.616. The van der Waals surface area contributed by atoms with E-state index in [0.717, 1.165) is 0 Å². The predicted molar refractivity (Wildman–Crippen MR) is 73.1 cm³/mol. The fourth-order valence-electron chi connectivity index (χ4n) is 1.38. The molecule has 7 heteroatoms. The van der Waals surface area contributed by atoms with Crippen molar-refractivity contribution in [3.63, 3.8) is 0 Å².